The zero-order valence-electron chi connectivity index (χ0n) is 21.5. The molecule has 10 heteroatoms. The van der Waals surface area contributed by atoms with Crippen molar-refractivity contribution in [3.63, 3.8) is 0 Å². The molecule has 1 amide bonds. The van der Waals surface area contributed by atoms with E-state index < -0.39 is 0 Å². The van der Waals surface area contributed by atoms with Crippen LogP contribution in [0.5, 0.6) is 5.88 Å². The van der Waals surface area contributed by atoms with Gasteiger partial charge in [-0.1, -0.05) is 47.2 Å². The van der Waals surface area contributed by atoms with Gasteiger partial charge in [0.05, 0.1) is 30.8 Å². The Balaban J connectivity index is 1.09. The largest absolute Gasteiger partial charge is 0.476 e. The van der Waals surface area contributed by atoms with Crippen molar-refractivity contribution in [3.8, 4) is 17.1 Å². The van der Waals surface area contributed by atoms with E-state index in [-0.39, 0.29) is 12.3 Å². The number of aromatic nitrogens is 3. The van der Waals surface area contributed by atoms with Crippen LogP contribution in [0.15, 0.2) is 60.8 Å². The summed E-state index contributed by atoms with van der Waals surface area (Å²) >= 11 is 7.61. The molecule has 39 heavy (non-hydrogen) atoms. The number of pyridine rings is 1. The highest BCUT2D eigenvalue weighted by Crippen LogP contribution is 2.30. The number of benzene rings is 2. The molecule has 1 aliphatic rings. The van der Waals surface area contributed by atoms with Crippen LogP contribution < -0.4 is 10.1 Å². The number of anilines is 1. The minimum atomic E-state index is -0.0737. The summed E-state index contributed by atoms with van der Waals surface area (Å²) in [4.78, 5) is 26.1. The summed E-state index contributed by atoms with van der Waals surface area (Å²) in [5.41, 5.74) is 5.47. The number of rotatable bonds is 8. The van der Waals surface area contributed by atoms with Gasteiger partial charge >= 0.3 is 0 Å². The number of imidazole rings is 1. The zero-order chi connectivity index (χ0) is 26.8. The molecule has 0 radical (unpaired) electrons. The second-order valence-corrected chi connectivity index (χ2v) is 10.9. The van der Waals surface area contributed by atoms with Gasteiger partial charge in [-0.15, -0.1) is 0 Å². The fourth-order valence-corrected chi connectivity index (χ4v) is 5.69. The Labute approximate surface area is 235 Å². The lowest BCUT2D eigenvalue weighted by atomic mass is 10.1. The van der Waals surface area contributed by atoms with Crippen LogP contribution in [0.3, 0.4) is 0 Å². The van der Waals surface area contributed by atoms with Gasteiger partial charge in [0.15, 0.2) is 4.96 Å². The summed E-state index contributed by atoms with van der Waals surface area (Å²) < 4.78 is 13.4. The minimum Gasteiger partial charge on any atom is -0.476 e. The van der Waals surface area contributed by atoms with Crippen LogP contribution in [0, 0.1) is 6.92 Å². The van der Waals surface area contributed by atoms with Crippen LogP contribution in [0.25, 0.3) is 26.6 Å². The maximum atomic E-state index is 12.5. The number of hydrogen-bond donors (Lipinski definition) is 1. The molecule has 0 unspecified atom stereocenters. The number of nitrogens with one attached hydrogen (secondary N) is 1. The number of carbonyl (C=O) groups excluding carboxylic acids is 1. The molecule has 1 saturated heterocycles. The van der Waals surface area contributed by atoms with E-state index in [0.717, 1.165) is 76.2 Å². The van der Waals surface area contributed by atoms with E-state index in [9.17, 15) is 4.79 Å². The molecule has 8 nitrogen and oxygen atoms in total. The highest BCUT2D eigenvalue weighted by Gasteiger charge is 2.14. The third-order valence-corrected chi connectivity index (χ3v) is 8.14. The highest BCUT2D eigenvalue weighted by molar-refractivity contribution is 7.23. The third kappa shape index (κ3) is 5.91. The predicted molar refractivity (Wildman–Crippen MR) is 155 cm³/mol. The van der Waals surface area contributed by atoms with Crippen molar-refractivity contribution in [2.24, 2.45) is 0 Å². The molecule has 3 aromatic heterocycles. The van der Waals surface area contributed by atoms with Crippen LogP contribution in [0.1, 0.15) is 11.1 Å². The molecule has 1 aliphatic heterocycles. The quantitative estimate of drug-likeness (QED) is 0.271. The summed E-state index contributed by atoms with van der Waals surface area (Å²) in [5, 5.41) is 3.61. The minimum absolute atomic E-state index is 0.0737. The number of fused-ring (bicyclic) bond motifs is 3. The predicted octanol–water partition coefficient (Wildman–Crippen LogP) is 5.47. The lowest BCUT2D eigenvalue weighted by Gasteiger charge is -2.26. The summed E-state index contributed by atoms with van der Waals surface area (Å²) in [6.07, 6.45) is 2.31. The molecule has 0 aliphatic carbocycles. The van der Waals surface area contributed by atoms with E-state index in [1.54, 1.807) is 12.1 Å². The molecule has 1 N–H and O–H groups in total. The van der Waals surface area contributed by atoms with Gasteiger partial charge in [0.2, 0.25) is 11.8 Å². The van der Waals surface area contributed by atoms with Crippen LogP contribution in [0.2, 0.25) is 5.02 Å². The summed E-state index contributed by atoms with van der Waals surface area (Å²) in [6.45, 7) is 6.84. The summed E-state index contributed by atoms with van der Waals surface area (Å²) in [6, 6.07) is 17.4. The number of halogens is 1. The molecule has 0 bridgehead atoms. The van der Waals surface area contributed by atoms with Gasteiger partial charge in [-0.2, -0.15) is 0 Å². The first-order valence-corrected chi connectivity index (χ1v) is 14.1. The van der Waals surface area contributed by atoms with E-state index >= 15 is 0 Å². The smallest absolute Gasteiger partial charge is 0.228 e. The van der Waals surface area contributed by atoms with Crippen molar-refractivity contribution in [2.45, 2.75) is 13.3 Å². The van der Waals surface area contributed by atoms with Crippen molar-refractivity contribution in [1.29, 1.82) is 0 Å². The van der Waals surface area contributed by atoms with Crippen molar-refractivity contribution in [1.82, 2.24) is 19.3 Å². The van der Waals surface area contributed by atoms with Gasteiger partial charge in [0, 0.05) is 48.2 Å². The molecule has 0 atom stereocenters. The van der Waals surface area contributed by atoms with Crippen molar-refractivity contribution < 1.29 is 14.3 Å². The average Bonchev–Trinajstić information content (AvgIpc) is 3.50. The molecule has 5 aromatic rings. The Morgan fingerprint density at radius 2 is 1.92 bits per heavy atom. The summed E-state index contributed by atoms with van der Waals surface area (Å²) in [7, 11) is 0. The number of hydrogen-bond acceptors (Lipinski definition) is 7. The lowest BCUT2D eigenvalue weighted by molar-refractivity contribution is -0.115. The van der Waals surface area contributed by atoms with Gasteiger partial charge in [0.25, 0.3) is 0 Å². The van der Waals surface area contributed by atoms with Gasteiger partial charge in [-0.05, 0) is 42.3 Å². The molecular formula is C29H28ClN5O3S. The Morgan fingerprint density at radius 1 is 1.10 bits per heavy atom. The standard InChI is InChI=1S/C29H28ClN5O3S/c1-19-16-22(6-7-23(19)30)31-26(36)17-20-2-4-21(5-3-20)24-18-35-25-8-9-27(33-28(25)39-29(35)32-24)38-15-12-34-10-13-37-14-11-34/h2-9,16,18H,10-15,17H2,1H3,(H,31,36). The second-order valence-electron chi connectivity index (χ2n) is 9.54. The normalized spacial score (nSPS) is 14.2. The van der Waals surface area contributed by atoms with E-state index in [4.69, 9.17) is 31.0 Å². The molecule has 4 heterocycles. The number of carbonyl (C=O) groups is 1. The number of nitrogens with zero attached hydrogens (tertiary/aromatic N) is 4. The van der Waals surface area contributed by atoms with Gasteiger partial charge in [-0.3, -0.25) is 14.1 Å². The Kier molecular flexibility index (Phi) is 7.47. The lowest BCUT2D eigenvalue weighted by Crippen LogP contribution is -2.38. The van der Waals surface area contributed by atoms with Crippen LogP contribution in [0.4, 0.5) is 5.69 Å². The Hall–Kier alpha value is -3.50. The van der Waals surface area contributed by atoms with Crippen LogP contribution in [-0.4, -0.2) is 64.6 Å². The molecule has 0 spiro atoms. The van der Waals surface area contributed by atoms with Crippen molar-refractivity contribution in [2.75, 3.05) is 44.8 Å². The molecule has 1 fully saturated rings. The van der Waals surface area contributed by atoms with Crippen molar-refractivity contribution in [3.05, 3.63) is 76.9 Å². The number of ether oxygens (including phenoxy) is 2. The number of morpholine rings is 1. The third-order valence-electron chi connectivity index (χ3n) is 6.75. The summed E-state index contributed by atoms with van der Waals surface area (Å²) in [5.74, 6) is 0.557. The molecule has 2 aromatic carbocycles. The SMILES string of the molecule is Cc1cc(NC(=O)Cc2ccc(-c3cn4c(n3)sc3nc(OCCN5CCOCC5)ccc34)cc2)ccc1Cl. The molecule has 0 saturated carbocycles. The monoisotopic (exact) mass is 561 g/mol. The molecule has 200 valence electrons. The van der Waals surface area contributed by atoms with E-state index in [1.807, 2.05) is 55.6 Å². The highest BCUT2D eigenvalue weighted by atomic mass is 35.5. The van der Waals surface area contributed by atoms with E-state index in [1.165, 1.54) is 11.3 Å². The van der Waals surface area contributed by atoms with Crippen LogP contribution >= 0.6 is 22.9 Å². The van der Waals surface area contributed by atoms with Crippen LogP contribution in [-0.2, 0) is 16.0 Å². The Morgan fingerprint density at radius 3 is 2.72 bits per heavy atom. The molecule has 6 rings (SSSR count). The second kappa shape index (κ2) is 11.3. The van der Waals surface area contributed by atoms with Gasteiger partial charge in [-0.25, -0.2) is 9.97 Å². The topological polar surface area (TPSA) is 81.0 Å². The maximum Gasteiger partial charge on any atom is 0.228 e. The number of aryl methyl sites for hydroxylation is 1. The zero-order valence-corrected chi connectivity index (χ0v) is 23.1. The van der Waals surface area contributed by atoms with Gasteiger partial charge in [0.1, 0.15) is 11.4 Å². The molecular weight excluding hydrogens is 534 g/mol. The average molecular weight is 562 g/mol. The maximum absolute atomic E-state index is 12.5. The fraction of sp³-hybridized carbons (Fsp3) is 0.276. The number of amides is 1. The fourth-order valence-electron chi connectivity index (χ4n) is 4.60. The van der Waals surface area contributed by atoms with Gasteiger partial charge < -0.3 is 14.8 Å². The van der Waals surface area contributed by atoms with Crippen molar-refractivity contribution >= 4 is 49.8 Å². The first-order valence-electron chi connectivity index (χ1n) is 12.9. The number of thiazole rings is 1. The van der Waals surface area contributed by atoms with E-state index in [2.05, 4.69) is 14.6 Å². The van der Waals surface area contributed by atoms with E-state index in [0.29, 0.717) is 17.5 Å². The Bertz CT molecular complexity index is 1630. The first-order chi connectivity index (χ1) is 19.0. The first kappa shape index (κ1) is 25.8.